The molecule has 7 heteroatoms. The number of nitrogens with zero attached hydrogens (tertiary/aromatic N) is 1. The summed E-state index contributed by atoms with van der Waals surface area (Å²) in [6.45, 7) is 2.94. The van der Waals surface area contributed by atoms with Crippen LogP contribution < -0.4 is 20.3 Å². The molecule has 0 bridgehead atoms. The van der Waals surface area contributed by atoms with E-state index >= 15 is 0 Å². The van der Waals surface area contributed by atoms with E-state index in [1.54, 1.807) is 60.5 Å². The number of anilines is 2. The van der Waals surface area contributed by atoms with E-state index in [0.717, 1.165) is 12.1 Å². The van der Waals surface area contributed by atoms with Gasteiger partial charge in [0.25, 0.3) is 5.91 Å². The van der Waals surface area contributed by atoms with Gasteiger partial charge in [0.05, 0.1) is 13.0 Å². The SMILES string of the molecule is CCCNC(=O)c1ccc(NC(=O)C2CC(=O)N(c3ccc(OC)cc3)C2)cc1. The molecule has 0 spiro atoms. The maximum absolute atomic E-state index is 12.6. The molecule has 1 aliphatic heterocycles. The van der Waals surface area contributed by atoms with Crippen LogP contribution in [0.1, 0.15) is 30.1 Å². The first kappa shape index (κ1) is 20.4. The zero-order valence-corrected chi connectivity index (χ0v) is 16.6. The van der Waals surface area contributed by atoms with E-state index in [9.17, 15) is 14.4 Å². The molecule has 3 amide bonds. The number of benzene rings is 2. The number of carbonyl (C=O) groups is 3. The minimum absolute atomic E-state index is 0.0849. The minimum atomic E-state index is -0.433. The Labute approximate surface area is 170 Å². The van der Waals surface area contributed by atoms with Gasteiger partial charge in [0.2, 0.25) is 11.8 Å². The Morgan fingerprint density at radius 1 is 1.10 bits per heavy atom. The fourth-order valence-electron chi connectivity index (χ4n) is 3.18. The van der Waals surface area contributed by atoms with E-state index in [0.29, 0.717) is 30.1 Å². The lowest BCUT2D eigenvalue weighted by molar-refractivity contribution is -0.122. The first-order valence-corrected chi connectivity index (χ1v) is 9.65. The molecule has 1 saturated heterocycles. The molecule has 0 radical (unpaired) electrons. The number of rotatable bonds is 7. The van der Waals surface area contributed by atoms with Gasteiger partial charge in [-0.1, -0.05) is 6.92 Å². The number of ether oxygens (including phenoxy) is 1. The van der Waals surface area contributed by atoms with Crippen LogP contribution >= 0.6 is 0 Å². The first-order valence-electron chi connectivity index (χ1n) is 9.65. The first-order chi connectivity index (χ1) is 14.0. The summed E-state index contributed by atoms with van der Waals surface area (Å²) in [4.78, 5) is 38.5. The second kappa shape index (κ2) is 9.23. The summed E-state index contributed by atoms with van der Waals surface area (Å²) in [5, 5.41) is 5.64. The van der Waals surface area contributed by atoms with Crippen LogP contribution in [0.5, 0.6) is 5.75 Å². The highest BCUT2D eigenvalue weighted by Gasteiger charge is 2.35. The molecule has 1 fully saturated rings. The van der Waals surface area contributed by atoms with Gasteiger partial charge in [-0.25, -0.2) is 0 Å². The summed E-state index contributed by atoms with van der Waals surface area (Å²) in [6.07, 6.45) is 1.03. The van der Waals surface area contributed by atoms with Crippen molar-refractivity contribution in [3.63, 3.8) is 0 Å². The van der Waals surface area contributed by atoms with Crippen LogP contribution in [-0.2, 0) is 9.59 Å². The van der Waals surface area contributed by atoms with Crippen LogP contribution in [0.3, 0.4) is 0 Å². The van der Waals surface area contributed by atoms with Crippen LogP contribution in [-0.4, -0.2) is 37.9 Å². The zero-order valence-electron chi connectivity index (χ0n) is 16.6. The van der Waals surface area contributed by atoms with E-state index in [4.69, 9.17) is 4.74 Å². The second-order valence-corrected chi connectivity index (χ2v) is 6.93. The average Bonchev–Trinajstić information content (AvgIpc) is 3.14. The van der Waals surface area contributed by atoms with Crippen LogP contribution in [0.25, 0.3) is 0 Å². The number of nitrogens with one attached hydrogen (secondary N) is 2. The Hall–Kier alpha value is -3.35. The van der Waals surface area contributed by atoms with Crippen LogP contribution in [0, 0.1) is 5.92 Å². The van der Waals surface area contributed by atoms with Gasteiger partial charge in [-0.2, -0.15) is 0 Å². The van der Waals surface area contributed by atoms with Crippen molar-refractivity contribution in [2.24, 2.45) is 5.92 Å². The van der Waals surface area contributed by atoms with Crippen molar-refractivity contribution < 1.29 is 19.1 Å². The van der Waals surface area contributed by atoms with Crippen molar-refractivity contribution in [1.82, 2.24) is 5.32 Å². The summed E-state index contributed by atoms with van der Waals surface area (Å²) in [7, 11) is 1.58. The number of methoxy groups -OCH3 is 1. The van der Waals surface area contributed by atoms with Crippen molar-refractivity contribution in [2.75, 3.05) is 30.4 Å². The van der Waals surface area contributed by atoms with Gasteiger partial charge < -0.3 is 20.3 Å². The molecule has 152 valence electrons. The number of hydrogen-bond donors (Lipinski definition) is 2. The van der Waals surface area contributed by atoms with Gasteiger partial charge in [-0.3, -0.25) is 14.4 Å². The lowest BCUT2D eigenvalue weighted by Crippen LogP contribution is -2.28. The molecule has 2 aromatic carbocycles. The molecule has 0 aliphatic carbocycles. The predicted octanol–water partition coefficient (Wildman–Crippen LogP) is 2.83. The Bertz CT molecular complexity index is 878. The molecule has 3 rings (SSSR count). The van der Waals surface area contributed by atoms with Crippen molar-refractivity contribution >= 4 is 29.1 Å². The van der Waals surface area contributed by atoms with Gasteiger partial charge in [0.1, 0.15) is 5.75 Å². The fraction of sp³-hybridized carbons (Fsp3) is 0.318. The van der Waals surface area contributed by atoms with Gasteiger partial charge >= 0.3 is 0 Å². The molecule has 1 atom stereocenters. The minimum Gasteiger partial charge on any atom is -0.497 e. The van der Waals surface area contributed by atoms with Crippen molar-refractivity contribution in [2.45, 2.75) is 19.8 Å². The average molecular weight is 395 g/mol. The van der Waals surface area contributed by atoms with E-state index in [1.165, 1.54) is 0 Å². The molecule has 7 nitrogen and oxygen atoms in total. The number of carbonyl (C=O) groups excluding carboxylic acids is 3. The van der Waals surface area contributed by atoms with E-state index < -0.39 is 5.92 Å². The van der Waals surface area contributed by atoms with Crippen LogP contribution in [0.4, 0.5) is 11.4 Å². The van der Waals surface area contributed by atoms with Crippen LogP contribution in [0.15, 0.2) is 48.5 Å². The van der Waals surface area contributed by atoms with Crippen molar-refractivity contribution in [3.05, 3.63) is 54.1 Å². The van der Waals surface area contributed by atoms with E-state index in [1.807, 2.05) is 6.92 Å². The summed E-state index contributed by atoms with van der Waals surface area (Å²) < 4.78 is 5.13. The summed E-state index contributed by atoms with van der Waals surface area (Å²) in [6, 6.07) is 13.9. The monoisotopic (exact) mass is 395 g/mol. The molecule has 2 aromatic rings. The third-order valence-electron chi connectivity index (χ3n) is 4.83. The normalized spacial score (nSPS) is 15.9. The Balaban J connectivity index is 1.59. The molecule has 0 saturated carbocycles. The smallest absolute Gasteiger partial charge is 0.251 e. The molecular weight excluding hydrogens is 370 g/mol. The zero-order chi connectivity index (χ0) is 20.8. The molecule has 0 aromatic heterocycles. The molecule has 1 aliphatic rings. The Kier molecular flexibility index (Phi) is 6.49. The highest BCUT2D eigenvalue weighted by molar-refractivity contribution is 6.03. The molecule has 1 heterocycles. The lowest BCUT2D eigenvalue weighted by atomic mass is 10.1. The van der Waals surface area contributed by atoms with Gasteiger partial charge in [-0.05, 0) is 55.0 Å². The molecule has 2 N–H and O–H groups in total. The Morgan fingerprint density at radius 3 is 2.41 bits per heavy atom. The second-order valence-electron chi connectivity index (χ2n) is 6.93. The standard InChI is InChI=1S/C22H25N3O4/c1-3-12-23-21(27)15-4-6-17(7-5-15)24-22(28)16-13-20(26)25(14-16)18-8-10-19(29-2)11-9-18/h4-11,16H,3,12-14H2,1-2H3,(H,23,27)(H,24,28). The highest BCUT2D eigenvalue weighted by Crippen LogP contribution is 2.27. The van der Waals surface area contributed by atoms with Crippen molar-refractivity contribution in [1.29, 1.82) is 0 Å². The number of amides is 3. The summed E-state index contributed by atoms with van der Waals surface area (Å²) >= 11 is 0. The molecule has 1 unspecified atom stereocenters. The quantitative estimate of drug-likeness (QED) is 0.755. The Morgan fingerprint density at radius 2 is 1.79 bits per heavy atom. The topological polar surface area (TPSA) is 87.7 Å². The third kappa shape index (κ3) is 4.93. The fourth-order valence-corrected chi connectivity index (χ4v) is 3.18. The van der Waals surface area contributed by atoms with Crippen LogP contribution in [0.2, 0.25) is 0 Å². The highest BCUT2D eigenvalue weighted by atomic mass is 16.5. The van der Waals surface area contributed by atoms with Crippen molar-refractivity contribution in [3.8, 4) is 5.75 Å². The molecule has 29 heavy (non-hydrogen) atoms. The van der Waals surface area contributed by atoms with Gasteiger partial charge in [-0.15, -0.1) is 0 Å². The van der Waals surface area contributed by atoms with E-state index in [2.05, 4.69) is 10.6 Å². The van der Waals surface area contributed by atoms with Gasteiger partial charge in [0.15, 0.2) is 0 Å². The lowest BCUT2D eigenvalue weighted by Gasteiger charge is -2.17. The number of hydrogen-bond acceptors (Lipinski definition) is 4. The molecular formula is C22H25N3O4. The largest absolute Gasteiger partial charge is 0.497 e. The van der Waals surface area contributed by atoms with Gasteiger partial charge in [0, 0.05) is 36.4 Å². The third-order valence-corrected chi connectivity index (χ3v) is 4.83. The maximum Gasteiger partial charge on any atom is 0.251 e. The predicted molar refractivity (Wildman–Crippen MR) is 111 cm³/mol. The summed E-state index contributed by atoms with van der Waals surface area (Å²) in [5.41, 5.74) is 1.88. The summed E-state index contributed by atoms with van der Waals surface area (Å²) in [5.74, 6) is -0.157. The van der Waals surface area contributed by atoms with E-state index in [-0.39, 0.29) is 24.1 Å². The maximum atomic E-state index is 12.6.